The fourth-order valence-corrected chi connectivity index (χ4v) is 2.73. The third kappa shape index (κ3) is 4.32. The molecule has 2 heteroatoms. The topological polar surface area (TPSA) is 18.5 Å². The van der Waals surface area contributed by atoms with Gasteiger partial charge in [0.05, 0.1) is 12.7 Å². The number of benzene rings is 1. The molecule has 106 valence electrons. The standard InChI is InChI=1S/C17H26O2/c1-3-8-16-15(4-2)13-18-17(19-16)12-11-14-9-6-5-7-10-14/h5-7,9-10,15-17H,3-4,8,11-13H2,1-2H3/t15-,16-,17+/m1/s1. The predicted molar refractivity (Wildman–Crippen MR) is 78.1 cm³/mol. The Labute approximate surface area is 117 Å². The van der Waals surface area contributed by atoms with Crippen LogP contribution in [0.25, 0.3) is 0 Å². The summed E-state index contributed by atoms with van der Waals surface area (Å²) >= 11 is 0. The highest BCUT2D eigenvalue weighted by Gasteiger charge is 2.29. The summed E-state index contributed by atoms with van der Waals surface area (Å²) in [5.74, 6) is 0.577. The van der Waals surface area contributed by atoms with Crippen molar-refractivity contribution in [1.82, 2.24) is 0 Å². The van der Waals surface area contributed by atoms with Gasteiger partial charge in [0.1, 0.15) is 0 Å². The van der Waals surface area contributed by atoms with Gasteiger partial charge in [0, 0.05) is 12.3 Å². The van der Waals surface area contributed by atoms with Gasteiger partial charge in [0.15, 0.2) is 6.29 Å². The molecule has 2 nitrogen and oxygen atoms in total. The number of rotatable bonds is 6. The van der Waals surface area contributed by atoms with Gasteiger partial charge in [-0.15, -0.1) is 0 Å². The Morgan fingerprint density at radius 3 is 2.58 bits per heavy atom. The molecule has 0 aliphatic carbocycles. The summed E-state index contributed by atoms with van der Waals surface area (Å²) in [7, 11) is 0. The molecular weight excluding hydrogens is 236 g/mol. The maximum Gasteiger partial charge on any atom is 0.158 e. The second-order valence-corrected chi connectivity index (χ2v) is 5.42. The molecule has 2 rings (SSSR count). The van der Waals surface area contributed by atoms with Gasteiger partial charge in [-0.2, -0.15) is 0 Å². The molecule has 0 radical (unpaired) electrons. The van der Waals surface area contributed by atoms with Gasteiger partial charge in [-0.05, 0) is 24.8 Å². The summed E-state index contributed by atoms with van der Waals surface area (Å²) in [4.78, 5) is 0. The van der Waals surface area contributed by atoms with Crippen molar-refractivity contribution in [1.29, 1.82) is 0 Å². The number of hydrogen-bond donors (Lipinski definition) is 0. The van der Waals surface area contributed by atoms with Crippen molar-refractivity contribution in [2.45, 2.75) is 58.3 Å². The van der Waals surface area contributed by atoms with Crippen LogP contribution in [-0.2, 0) is 15.9 Å². The summed E-state index contributed by atoms with van der Waals surface area (Å²) < 4.78 is 12.0. The number of hydrogen-bond acceptors (Lipinski definition) is 2. The molecule has 1 aliphatic rings. The Morgan fingerprint density at radius 1 is 1.11 bits per heavy atom. The van der Waals surface area contributed by atoms with Crippen molar-refractivity contribution in [2.24, 2.45) is 5.92 Å². The van der Waals surface area contributed by atoms with Gasteiger partial charge in [0.2, 0.25) is 0 Å². The van der Waals surface area contributed by atoms with E-state index in [0.29, 0.717) is 12.0 Å². The van der Waals surface area contributed by atoms with E-state index in [2.05, 4.69) is 44.2 Å². The summed E-state index contributed by atoms with van der Waals surface area (Å²) in [5, 5.41) is 0. The molecule has 1 heterocycles. The zero-order chi connectivity index (χ0) is 13.5. The maximum absolute atomic E-state index is 6.13. The van der Waals surface area contributed by atoms with Gasteiger partial charge in [-0.3, -0.25) is 0 Å². The van der Waals surface area contributed by atoms with E-state index in [1.165, 1.54) is 12.0 Å². The second kappa shape index (κ2) is 7.66. The van der Waals surface area contributed by atoms with Crippen LogP contribution in [-0.4, -0.2) is 19.0 Å². The van der Waals surface area contributed by atoms with E-state index in [1.807, 2.05) is 0 Å². The Balaban J connectivity index is 1.81. The van der Waals surface area contributed by atoms with Crippen LogP contribution in [0, 0.1) is 5.92 Å². The molecule has 1 aromatic carbocycles. The Morgan fingerprint density at radius 2 is 1.89 bits per heavy atom. The first-order valence-electron chi connectivity index (χ1n) is 7.64. The second-order valence-electron chi connectivity index (χ2n) is 5.42. The lowest BCUT2D eigenvalue weighted by Crippen LogP contribution is -2.39. The normalized spacial score (nSPS) is 27.4. The average molecular weight is 262 g/mol. The van der Waals surface area contributed by atoms with Gasteiger partial charge in [-0.25, -0.2) is 0 Å². The van der Waals surface area contributed by atoms with E-state index in [1.54, 1.807) is 0 Å². The summed E-state index contributed by atoms with van der Waals surface area (Å²) in [6.07, 6.45) is 5.86. The van der Waals surface area contributed by atoms with E-state index in [4.69, 9.17) is 9.47 Å². The molecule has 3 atom stereocenters. The molecular formula is C17H26O2. The molecule has 1 aromatic rings. The predicted octanol–water partition coefficient (Wildman–Crippen LogP) is 4.19. The first kappa shape index (κ1) is 14.5. The van der Waals surface area contributed by atoms with Crippen LogP contribution in [0.1, 0.15) is 45.1 Å². The van der Waals surface area contributed by atoms with Crippen LogP contribution in [0.4, 0.5) is 0 Å². The van der Waals surface area contributed by atoms with Crippen molar-refractivity contribution in [3.05, 3.63) is 35.9 Å². The van der Waals surface area contributed by atoms with Crippen LogP contribution < -0.4 is 0 Å². The molecule has 0 bridgehead atoms. The molecule has 1 fully saturated rings. The van der Waals surface area contributed by atoms with Crippen LogP contribution in [0.2, 0.25) is 0 Å². The van der Waals surface area contributed by atoms with Crippen molar-refractivity contribution in [2.75, 3.05) is 6.61 Å². The summed E-state index contributed by atoms with van der Waals surface area (Å²) in [6, 6.07) is 10.6. The van der Waals surface area contributed by atoms with Crippen LogP contribution in [0.15, 0.2) is 30.3 Å². The molecule has 19 heavy (non-hydrogen) atoms. The van der Waals surface area contributed by atoms with Gasteiger partial charge < -0.3 is 9.47 Å². The maximum atomic E-state index is 6.13. The number of aryl methyl sites for hydroxylation is 1. The highest BCUT2D eigenvalue weighted by Crippen LogP contribution is 2.26. The fraction of sp³-hybridized carbons (Fsp3) is 0.647. The lowest BCUT2D eigenvalue weighted by Gasteiger charge is -2.36. The van der Waals surface area contributed by atoms with Crippen LogP contribution in [0.3, 0.4) is 0 Å². The molecule has 1 aliphatic heterocycles. The molecule has 0 spiro atoms. The monoisotopic (exact) mass is 262 g/mol. The zero-order valence-electron chi connectivity index (χ0n) is 12.2. The highest BCUT2D eigenvalue weighted by atomic mass is 16.7. The summed E-state index contributed by atoms with van der Waals surface area (Å²) in [6.45, 7) is 5.31. The molecule has 0 amide bonds. The van der Waals surface area contributed by atoms with Crippen LogP contribution in [0.5, 0.6) is 0 Å². The molecule has 0 aromatic heterocycles. The van der Waals surface area contributed by atoms with E-state index >= 15 is 0 Å². The third-order valence-corrected chi connectivity index (χ3v) is 3.96. The largest absolute Gasteiger partial charge is 0.352 e. The van der Waals surface area contributed by atoms with Gasteiger partial charge in [0.25, 0.3) is 0 Å². The first-order valence-corrected chi connectivity index (χ1v) is 7.64. The lowest BCUT2D eigenvalue weighted by molar-refractivity contribution is -0.239. The minimum Gasteiger partial charge on any atom is -0.352 e. The van der Waals surface area contributed by atoms with E-state index in [0.717, 1.165) is 32.3 Å². The Kier molecular flexibility index (Phi) is 5.87. The van der Waals surface area contributed by atoms with Crippen molar-refractivity contribution in [3.8, 4) is 0 Å². The van der Waals surface area contributed by atoms with Gasteiger partial charge >= 0.3 is 0 Å². The molecule has 0 saturated carbocycles. The van der Waals surface area contributed by atoms with Gasteiger partial charge in [-0.1, -0.05) is 50.6 Å². The Hall–Kier alpha value is -0.860. The highest BCUT2D eigenvalue weighted by molar-refractivity contribution is 5.14. The lowest BCUT2D eigenvalue weighted by atomic mass is 9.95. The van der Waals surface area contributed by atoms with Crippen molar-refractivity contribution < 1.29 is 9.47 Å². The first-order chi connectivity index (χ1) is 9.33. The fourth-order valence-electron chi connectivity index (χ4n) is 2.73. The molecule has 0 N–H and O–H groups in total. The molecule has 0 unspecified atom stereocenters. The average Bonchev–Trinajstić information content (AvgIpc) is 2.47. The van der Waals surface area contributed by atoms with Crippen molar-refractivity contribution >= 4 is 0 Å². The zero-order valence-corrected chi connectivity index (χ0v) is 12.2. The van der Waals surface area contributed by atoms with Crippen molar-refractivity contribution in [3.63, 3.8) is 0 Å². The van der Waals surface area contributed by atoms with E-state index < -0.39 is 0 Å². The summed E-state index contributed by atoms with van der Waals surface area (Å²) in [5.41, 5.74) is 1.36. The number of ether oxygens (including phenoxy) is 2. The minimum atomic E-state index is -0.0143. The quantitative estimate of drug-likeness (QED) is 0.765. The van der Waals surface area contributed by atoms with E-state index in [-0.39, 0.29) is 6.29 Å². The van der Waals surface area contributed by atoms with E-state index in [9.17, 15) is 0 Å². The molecule has 1 saturated heterocycles. The smallest absolute Gasteiger partial charge is 0.158 e. The third-order valence-electron chi connectivity index (χ3n) is 3.96. The minimum absolute atomic E-state index is 0.0143. The SMILES string of the molecule is CCC[C@H]1O[C@@H](CCc2ccccc2)OC[C@H]1CC. The van der Waals surface area contributed by atoms with Crippen LogP contribution >= 0.6 is 0 Å². The Bertz CT molecular complexity index is 350.